The molecule has 1 aromatic heterocycles. The van der Waals surface area contributed by atoms with E-state index in [0.717, 1.165) is 18.5 Å². The molecule has 0 aliphatic heterocycles. The maximum absolute atomic E-state index is 9.80. The lowest BCUT2D eigenvalue weighted by atomic mass is 9.75. The first kappa shape index (κ1) is 12.3. The Hall–Kier alpha value is -1.19. The van der Waals surface area contributed by atoms with Gasteiger partial charge in [-0.15, -0.1) is 11.3 Å². The second kappa shape index (κ2) is 5.43. The summed E-state index contributed by atoms with van der Waals surface area (Å²) in [5.41, 5.74) is 3.90. The minimum absolute atomic E-state index is 0.158. The number of hydrogen-bond donors (Lipinski definition) is 1. The molecular formula is C14H17NOS. The van der Waals surface area contributed by atoms with Crippen LogP contribution < -0.4 is 0 Å². The van der Waals surface area contributed by atoms with E-state index < -0.39 is 0 Å². The molecule has 0 saturated carbocycles. The van der Waals surface area contributed by atoms with E-state index in [4.69, 9.17) is 0 Å². The molecule has 1 aromatic carbocycles. The molecule has 0 spiro atoms. The topological polar surface area (TPSA) is 33.1 Å². The van der Waals surface area contributed by atoms with Crippen LogP contribution in [0.2, 0.25) is 0 Å². The molecule has 1 heterocycles. The van der Waals surface area contributed by atoms with Crippen molar-refractivity contribution in [2.45, 2.75) is 25.2 Å². The van der Waals surface area contributed by atoms with E-state index in [-0.39, 0.29) is 12.0 Å². The van der Waals surface area contributed by atoms with Gasteiger partial charge in [0.25, 0.3) is 0 Å². The Labute approximate surface area is 106 Å². The van der Waals surface area contributed by atoms with Gasteiger partial charge in [0.1, 0.15) is 0 Å². The normalized spacial score (nSPS) is 14.5. The third-order valence-corrected chi connectivity index (χ3v) is 4.00. The van der Waals surface area contributed by atoms with Crippen LogP contribution in [0.15, 0.2) is 41.2 Å². The van der Waals surface area contributed by atoms with Crippen molar-refractivity contribution in [3.63, 3.8) is 0 Å². The minimum atomic E-state index is -0.199. The van der Waals surface area contributed by atoms with Crippen molar-refractivity contribution in [2.75, 3.05) is 6.61 Å². The Bertz CT molecular complexity index is 435. The summed E-state index contributed by atoms with van der Waals surface area (Å²) in [4.78, 5) is 4.33. The Morgan fingerprint density at radius 3 is 2.59 bits per heavy atom. The Kier molecular flexibility index (Phi) is 3.92. The van der Waals surface area contributed by atoms with Gasteiger partial charge in [-0.2, -0.15) is 0 Å². The summed E-state index contributed by atoms with van der Waals surface area (Å²) in [6.45, 7) is 2.28. The van der Waals surface area contributed by atoms with Crippen molar-refractivity contribution in [1.29, 1.82) is 0 Å². The predicted octanol–water partition coefficient (Wildman–Crippen LogP) is 3.03. The highest BCUT2D eigenvalue weighted by Crippen LogP contribution is 2.31. The van der Waals surface area contributed by atoms with Crippen LogP contribution in [0.5, 0.6) is 0 Å². The summed E-state index contributed by atoms with van der Waals surface area (Å²) in [6, 6.07) is 10.2. The van der Waals surface area contributed by atoms with Crippen molar-refractivity contribution in [3.05, 3.63) is 52.5 Å². The number of aliphatic hydroxyl groups excluding tert-OH is 1. The number of aliphatic hydroxyl groups is 1. The molecule has 2 aromatic rings. The highest BCUT2D eigenvalue weighted by atomic mass is 32.1. The standard InChI is InChI=1S/C14H17NOS/c1-2-14(10-16,8-13-9-17-11-15-13)12-6-4-3-5-7-12/h3-7,9,11,16H,2,8,10H2,1H3. The van der Waals surface area contributed by atoms with Crippen LogP contribution >= 0.6 is 11.3 Å². The molecule has 0 aliphatic carbocycles. The molecule has 0 radical (unpaired) electrons. The van der Waals surface area contributed by atoms with Gasteiger partial charge in [-0.1, -0.05) is 37.3 Å². The molecule has 1 atom stereocenters. The zero-order valence-corrected chi connectivity index (χ0v) is 10.8. The SMILES string of the molecule is CCC(CO)(Cc1cscn1)c1ccccc1. The molecule has 0 aliphatic rings. The lowest BCUT2D eigenvalue weighted by Crippen LogP contribution is -2.32. The van der Waals surface area contributed by atoms with Crippen LogP contribution in [0.25, 0.3) is 0 Å². The highest BCUT2D eigenvalue weighted by molar-refractivity contribution is 7.07. The first-order valence-corrected chi connectivity index (χ1v) is 6.78. The van der Waals surface area contributed by atoms with E-state index in [2.05, 4.69) is 29.4 Å². The van der Waals surface area contributed by atoms with Crippen LogP contribution in [-0.2, 0) is 11.8 Å². The molecule has 0 amide bonds. The third-order valence-electron chi connectivity index (χ3n) is 3.37. The average Bonchev–Trinajstić information content (AvgIpc) is 2.90. The van der Waals surface area contributed by atoms with Gasteiger partial charge in [-0.05, 0) is 12.0 Å². The second-order valence-electron chi connectivity index (χ2n) is 4.31. The van der Waals surface area contributed by atoms with E-state index in [1.165, 1.54) is 5.56 Å². The molecule has 2 rings (SSSR count). The lowest BCUT2D eigenvalue weighted by Gasteiger charge is -2.30. The lowest BCUT2D eigenvalue weighted by molar-refractivity contribution is 0.185. The molecule has 1 unspecified atom stereocenters. The average molecular weight is 247 g/mol. The number of benzene rings is 1. The Morgan fingerprint density at radius 2 is 2.06 bits per heavy atom. The van der Waals surface area contributed by atoms with Crippen LogP contribution in [0.4, 0.5) is 0 Å². The molecule has 17 heavy (non-hydrogen) atoms. The summed E-state index contributed by atoms with van der Waals surface area (Å²) in [5, 5.41) is 11.9. The molecule has 0 fully saturated rings. The fourth-order valence-corrected chi connectivity index (χ4v) is 2.71. The number of thiazole rings is 1. The Balaban J connectivity index is 2.32. The zero-order chi connectivity index (χ0) is 12.1. The van der Waals surface area contributed by atoms with E-state index in [1.807, 2.05) is 23.7 Å². The molecule has 1 N–H and O–H groups in total. The van der Waals surface area contributed by atoms with Gasteiger partial charge < -0.3 is 5.11 Å². The van der Waals surface area contributed by atoms with Crippen LogP contribution in [0, 0.1) is 0 Å². The fourth-order valence-electron chi connectivity index (χ4n) is 2.15. The first-order valence-electron chi connectivity index (χ1n) is 5.84. The van der Waals surface area contributed by atoms with Crippen molar-refractivity contribution < 1.29 is 5.11 Å². The molecule has 90 valence electrons. The number of aromatic nitrogens is 1. The maximum Gasteiger partial charge on any atom is 0.0794 e. The number of hydrogen-bond acceptors (Lipinski definition) is 3. The zero-order valence-electron chi connectivity index (χ0n) is 9.97. The molecule has 0 saturated heterocycles. The molecular weight excluding hydrogens is 230 g/mol. The fraction of sp³-hybridized carbons (Fsp3) is 0.357. The van der Waals surface area contributed by atoms with Gasteiger partial charge in [0.15, 0.2) is 0 Å². The Morgan fingerprint density at radius 1 is 1.29 bits per heavy atom. The highest BCUT2D eigenvalue weighted by Gasteiger charge is 2.30. The summed E-state index contributed by atoms with van der Waals surface area (Å²) in [5.74, 6) is 0. The monoisotopic (exact) mass is 247 g/mol. The van der Waals surface area contributed by atoms with Crippen LogP contribution in [-0.4, -0.2) is 16.7 Å². The molecule has 3 heteroatoms. The largest absolute Gasteiger partial charge is 0.395 e. The van der Waals surface area contributed by atoms with Gasteiger partial charge in [-0.3, -0.25) is 0 Å². The number of nitrogens with zero attached hydrogens (tertiary/aromatic N) is 1. The van der Waals surface area contributed by atoms with Gasteiger partial charge >= 0.3 is 0 Å². The second-order valence-corrected chi connectivity index (χ2v) is 5.03. The quantitative estimate of drug-likeness (QED) is 0.881. The van der Waals surface area contributed by atoms with Gasteiger partial charge in [0, 0.05) is 17.2 Å². The van der Waals surface area contributed by atoms with Crippen LogP contribution in [0.1, 0.15) is 24.6 Å². The van der Waals surface area contributed by atoms with E-state index in [9.17, 15) is 5.11 Å². The van der Waals surface area contributed by atoms with Crippen molar-refractivity contribution in [1.82, 2.24) is 4.98 Å². The number of rotatable bonds is 5. The van der Waals surface area contributed by atoms with Crippen molar-refractivity contribution >= 4 is 11.3 Å². The smallest absolute Gasteiger partial charge is 0.0794 e. The maximum atomic E-state index is 9.80. The van der Waals surface area contributed by atoms with Crippen molar-refractivity contribution in [2.24, 2.45) is 0 Å². The van der Waals surface area contributed by atoms with E-state index in [1.54, 1.807) is 11.3 Å². The van der Waals surface area contributed by atoms with Gasteiger partial charge in [-0.25, -0.2) is 4.98 Å². The minimum Gasteiger partial charge on any atom is -0.395 e. The first-order chi connectivity index (χ1) is 8.30. The van der Waals surface area contributed by atoms with Gasteiger partial charge in [0.05, 0.1) is 17.8 Å². The predicted molar refractivity (Wildman–Crippen MR) is 71.3 cm³/mol. The molecule has 2 nitrogen and oxygen atoms in total. The van der Waals surface area contributed by atoms with E-state index in [0.29, 0.717) is 0 Å². The van der Waals surface area contributed by atoms with Crippen LogP contribution in [0.3, 0.4) is 0 Å². The molecule has 0 bridgehead atoms. The van der Waals surface area contributed by atoms with Gasteiger partial charge in [0.2, 0.25) is 0 Å². The summed E-state index contributed by atoms with van der Waals surface area (Å²) in [7, 11) is 0. The van der Waals surface area contributed by atoms with E-state index >= 15 is 0 Å². The van der Waals surface area contributed by atoms with Crippen molar-refractivity contribution in [3.8, 4) is 0 Å². The third kappa shape index (κ3) is 2.56. The summed E-state index contributed by atoms with van der Waals surface area (Å²) < 4.78 is 0. The summed E-state index contributed by atoms with van der Waals surface area (Å²) >= 11 is 1.60. The summed E-state index contributed by atoms with van der Waals surface area (Å²) in [6.07, 6.45) is 1.71.